The summed E-state index contributed by atoms with van der Waals surface area (Å²) in [5.41, 5.74) is 1.14. The third-order valence-electron chi connectivity index (χ3n) is 2.60. The zero-order chi connectivity index (χ0) is 12.7. The van der Waals surface area contributed by atoms with Gasteiger partial charge in [0.15, 0.2) is 0 Å². The lowest BCUT2D eigenvalue weighted by atomic mass is 10.1. The molecule has 0 saturated carbocycles. The molecule has 94 valence electrons. The third kappa shape index (κ3) is 5.78. The number of nitrogens with one attached hydrogen (secondary N) is 1. The fraction of sp³-hybridized carbons (Fsp3) is 0.500. The Morgan fingerprint density at radius 2 is 1.94 bits per heavy atom. The first kappa shape index (κ1) is 14.1. The molecule has 0 radical (unpaired) electrons. The van der Waals surface area contributed by atoms with E-state index in [0.29, 0.717) is 12.3 Å². The van der Waals surface area contributed by atoms with Crippen molar-refractivity contribution in [3.05, 3.63) is 35.9 Å². The highest BCUT2D eigenvalue weighted by Gasteiger charge is 2.13. The van der Waals surface area contributed by atoms with Crippen LogP contribution in [-0.4, -0.2) is 17.7 Å². The summed E-state index contributed by atoms with van der Waals surface area (Å²) in [6.07, 6.45) is 1.69. The van der Waals surface area contributed by atoms with Gasteiger partial charge in [0.25, 0.3) is 0 Å². The zero-order valence-corrected chi connectivity index (χ0v) is 11.4. The molecule has 1 aromatic rings. The predicted octanol–water partition coefficient (Wildman–Crippen LogP) is 2.69. The quantitative estimate of drug-likeness (QED) is 0.748. The van der Waals surface area contributed by atoms with Gasteiger partial charge < -0.3 is 5.32 Å². The van der Waals surface area contributed by atoms with Gasteiger partial charge in [0.05, 0.1) is 5.25 Å². The maximum absolute atomic E-state index is 11.7. The molecule has 0 aromatic heterocycles. The summed E-state index contributed by atoms with van der Waals surface area (Å²) in [6, 6.07) is 9.97. The molecule has 0 aliphatic carbocycles. The highest BCUT2D eigenvalue weighted by Crippen LogP contribution is 2.08. The van der Waals surface area contributed by atoms with Crippen molar-refractivity contribution in [2.45, 2.75) is 31.9 Å². The Hall–Kier alpha value is -0.960. The third-order valence-corrected chi connectivity index (χ3v) is 3.01. The molecule has 0 saturated heterocycles. The lowest BCUT2D eigenvalue weighted by Crippen LogP contribution is -2.33. The zero-order valence-electron chi connectivity index (χ0n) is 10.5. The number of carbonyl (C=O) groups is 1. The van der Waals surface area contributed by atoms with Gasteiger partial charge in [0.1, 0.15) is 0 Å². The molecule has 3 heteroatoms. The van der Waals surface area contributed by atoms with Gasteiger partial charge in [-0.15, -0.1) is 0 Å². The van der Waals surface area contributed by atoms with E-state index in [1.165, 1.54) is 0 Å². The summed E-state index contributed by atoms with van der Waals surface area (Å²) >= 11 is 4.35. The van der Waals surface area contributed by atoms with Gasteiger partial charge in [-0.1, -0.05) is 44.2 Å². The number of hydrogen-bond acceptors (Lipinski definition) is 2. The minimum absolute atomic E-state index is 0.0258. The average molecular weight is 251 g/mol. The second-order valence-electron chi connectivity index (χ2n) is 4.68. The van der Waals surface area contributed by atoms with Crippen LogP contribution < -0.4 is 5.32 Å². The van der Waals surface area contributed by atoms with Crippen molar-refractivity contribution in [2.24, 2.45) is 5.92 Å². The second kappa shape index (κ2) is 7.38. The van der Waals surface area contributed by atoms with Crippen molar-refractivity contribution in [3.8, 4) is 0 Å². The molecule has 1 N–H and O–H groups in total. The first-order valence-electron chi connectivity index (χ1n) is 6.09. The molecule has 0 heterocycles. The maximum atomic E-state index is 11.7. The smallest absolute Gasteiger partial charge is 0.233 e. The van der Waals surface area contributed by atoms with E-state index in [2.05, 4.69) is 31.8 Å². The molecule has 1 rings (SSSR count). The Kier molecular flexibility index (Phi) is 6.12. The van der Waals surface area contributed by atoms with Gasteiger partial charge in [-0.25, -0.2) is 0 Å². The second-order valence-corrected chi connectivity index (χ2v) is 5.30. The maximum Gasteiger partial charge on any atom is 0.233 e. The van der Waals surface area contributed by atoms with Crippen molar-refractivity contribution in [1.29, 1.82) is 0 Å². The van der Waals surface area contributed by atoms with Crippen LogP contribution in [0.25, 0.3) is 0 Å². The van der Waals surface area contributed by atoms with Crippen molar-refractivity contribution < 1.29 is 4.79 Å². The molecule has 2 nitrogen and oxygen atoms in total. The number of thiol groups is 1. The van der Waals surface area contributed by atoms with E-state index in [0.717, 1.165) is 18.5 Å². The van der Waals surface area contributed by atoms with Crippen LogP contribution in [0.5, 0.6) is 0 Å². The topological polar surface area (TPSA) is 29.1 Å². The lowest BCUT2D eigenvalue weighted by molar-refractivity contribution is -0.120. The molecule has 0 spiro atoms. The van der Waals surface area contributed by atoms with Crippen molar-refractivity contribution in [3.63, 3.8) is 0 Å². The van der Waals surface area contributed by atoms with Crippen LogP contribution >= 0.6 is 12.6 Å². The van der Waals surface area contributed by atoms with E-state index < -0.39 is 0 Å². The standard InChI is InChI=1S/C14H21NOS/c1-11(2)8-9-15-14(16)13(17)10-12-6-4-3-5-7-12/h3-7,11,13,17H,8-10H2,1-2H3,(H,15,16). The van der Waals surface area contributed by atoms with Crippen LogP contribution in [0, 0.1) is 5.92 Å². The van der Waals surface area contributed by atoms with Crippen LogP contribution in [0.4, 0.5) is 0 Å². The molecule has 1 amide bonds. The molecular formula is C14H21NOS. The molecule has 0 fully saturated rings. The van der Waals surface area contributed by atoms with Crippen LogP contribution in [-0.2, 0) is 11.2 Å². The Morgan fingerprint density at radius 3 is 2.53 bits per heavy atom. The van der Waals surface area contributed by atoms with E-state index in [4.69, 9.17) is 0 Å². The van der Waals surface area contributed by atoms with E-state index in [1.807, 2.05) is 30.3 Å². The van der Waals surface area contributed by atoms with E-state index in [9.17, 15) is 4.79 Å². The molecule has 0 bridgehead atoms. The highest BCUT2D eigenvalue weighted by molar-refractivity contribution is 7.81. The Bertz CT molecular complexity index is 337. The molecular weight excluding hydrogens is 230 g/mol. The van der Waals surface area contributed by atoms with Gasteiger partial charge in [-0.3, -0.25) is 4.79 Å². The van der Waals surface area contributed by atoms with E-state index in [1.54, 1.807) is 0 Å². The van der Waals surface area contributed by atoms with Gasteiger partial charge in [0, 0.05) is 6.54 Å². The van der Waals surface area contributed by atoms with Crippen molar-refractivity contribution in [2.75, 3.05) is 6.54 Å². The predicted molar refractivity (Wildman–Crippen MR) is 75.4 cm³/mol. The van der Waals surface area contributed by atoms with Gasteiger partial charge in [0.2, 0.25) is 5.91 Å². The fourth-order valence-corrected chi connectivity index (χ4v) is 1.83. The normalized spacial score (nSPS) is 12.5. The first-order valence-corrected chi connectivity index (χ1v) is 6.61. The number of benzene rings is 1. The van der Waals surface area contributed by atoms with Crippen LogP contribution in [0.15, 0.2) is 30.3 Å². The summed E-state index contributed by atoms with van der Waals surface area (Å²) in [5.74, 6) is 0.639. The Labute approximate surface area is 109 Å². The summed E-state index contributed by atoms with van der Waals surface area (Å²) in [6.45, 7) is 5.03. The fourth-order valence-electron chi connectivity index (χ4n) is 1.53. The summed E-state index contributed by atoms with van der Waals surface area (Å²) in [4.78, 5) is 11.7. The molecule has 1 aromatic carbocycles. The average Bonchev–Trinajstić information content (AvgIpc) is 2.29. The monoisotopic (exact) mass is 251 g/mol. The van der Waals surface area contributed by atoms with Crippen molar-refractivity contribution in [1.82, 2.24) is 5.32 Å². The molecule has 1 unspecified atom stereocenters. The van der Waals surface area contributed by atoms with Gasteiger partial charge in [-0.05, 0) is 24.3 Å². The largest absolute Gasteiger partial charge is 0.355 e. The van der Waals surface area contributed by atoms with Crippen molar-refractivity contribution >= 4 is 18.5 Å². The lowest BCUT2D eigenvalue weighted by Gasteiger charge is -2.12. The molecule has 0 aliphatic heterocycles. The van der Waals surface area contributed by atoms with Crippen LogP contribution in [0.1, 0.15) is 25.8 Å². The SMILES string of the molecule is CC(C)CCNC(=O)C(S)Cc1ccccc1. The molecule has 17 heavy (non-hydrogen) atoms. The van der Waals surface area contributed by atoms with E-state index >= 15 is 0 Å². The number of rotatable bonds is 6. The number of amides is 1. The number of carbonyl (C=O) groups excluding carboxylic acids is 1. The van der Waals surface area contributed by atoms with E-state index in [-0.39, 0.29) is 11.2 Å². The first-order chi connectivity index (χ1) is 8.09. The number of hydrogen-bond donors (Lipinski definition) is 2. The van der Waals surface area contributed by atoms with Crippen LogP contribution in [0.2, 0.25) is 0 Å². The summed E-state index contributed by atoms with van der Waals surface area (Å²) in [5, 5.41) is 2.66. The van der Waals surface area contributed by atoms with Gasteiger partial charge >= 0.3 is 0 Å². The highest BCUT2D eigenvalue weighted by atomic mass is 32.1. The summed E-state index contributed by atoms with van der Waals surface area (Å²) in [7, 11) is 0. The Balaban J connectivity index is 2.32. The molecule has 0 aliphatic rings. The minimum atomic E-state index is -0.260. The molecule has 1 atom stereocenters. The summed E-state index contributed by atoms with van der Waals surface area (Å²) < 4.78 is 0. The van der Waals surface area contributed by atoms with Gasteiger partial charge in [-0.2, -0.15) is 12.6 Å². The Morgan fingerprint density at radius 1 is 1.29 bits per heavy atom. The minimum Gasteiger partial charge on any atom is -0.355 e. The van der Waals surface area contributed by atoms with Crippen LogP contribution in [0.3, 0.4) is 0 Å².